The monoisotopic (exact) mass is 843 g/mol. The van der Waals surface area contributed by atoms with E-state index in [4.69, 9.17) is 13.0 Å². The van der Waals surface area contributed by atoms with Crippen LogP contribution in [0, 0.1) is 59.2 Å². The van der Waals surface area contributed by atoms with Crippen LogP contribution in [0.5, 0.6) is 0 Å². The van der Waals surface area contributed by atoms with Gasteiger partial charge in [0.05, 0.1) is 0 Å². The molecule has 0 unspecified atom stereocenters. The van der Waals surface area contributed by atoms with Gasteiger partial charge in [0.15, 0.2) is 10.1 Å². The summed E-state index contributed by atoms with van der Waals surface area (Å²) < 4.78 is 58.9. The molecule has 13 heteroatoms. The van der Waals surface area contributed by atoms with Gasteiger partial charge in [-0.3, -0.25) is 0 Å². The van der Waals surface area contributed by atoms with Crippen LogP contribution in [0.3, 0.4) is 0 Å². The Morgan fingerprint density at radius 1 is 0.600 bits per heavy atom. The summed E-state index contributed by atoms with van der Waals surface area (Å²) in [5.41, 5.74) is -5.65. The van der Waals surface area contributed by atoms with E-state index in [9.17, 15) is 13.2 Å². The molecule has 0 aromatic heterocycles. The van der Waals surface area contributed by atoms with Gasteiger partial charge < -0.3 is 29.8 Å². The van der Waals surface area contributed by atoms with E-state index in [1.165, 1.54) is 59.2 Å². The van der Waals surface area contributed by atoms with Crippen LogP contribution in [0.25, 0.3) is 0 Å². The first-order chi connectivity index (χ1) is 17.8. The van der Waals surface area contributed by atoms with Crippen molar-refractivity contribution in [3.05, 3.63) is 59.2 Å². The van der Waals surface area contributed by atoms with Crippen LogP contribution in [0.1, 0.15) is 96.9 Å². The second-order valence-corrected chi connectivity index (χ2v) is 12.5. The van der Waals surface area contributed by atoms with Gasteiger partial charge in [-0.1, -0.05) is 96.9 Å². The molecule has 0 heterocycles. The molecule has 2 aliphatic carbocycles. The Kier molecular flexibility index (Phi) is 34.2. The van der Waals surface area contributed by atoms with Crippen molar-refractivity contribution in [2.24, 2.45) is 0 Å². The van der Waals surface area contributed by atoms with Crippen molar-refractivity contribution in [1.82, 2.24) is 0 Å². The molecule has 0 aromatic rings. The van der Waals surface area contributed by atoms with Gasteiger partial charge in [0.25, 0.3) is 0 Å². The van der Waals surface area contributed by atoms with Gasteiger partial charge >= 0.3 is 59.5 Å². The number of hydrogen-bond donors (Lipinski definition) is 0. The SMILES string of the molecule is CC(C)[S-].CC(C)[S-].C[C]1[C](C)[C](C)[C](C)[C]1C.C[C]1[C](C)[C](C)[C](C)[C]1C.O=S(=O)([O-])C(F)(F)F.[Cl][Ru+2].[Cl][Ru+3]. The van der Waals surface area contributed by atoms with E-state index in [1.54, 1.807) is 0 Å². The topological polar surface area (TPSA) is 57.2 Å². The fraction of sp³-hybridized carbons (Fsp3) is 0.630. The molecule has 0 aromatic carbocycles. The summed E-state index contributed by atoms with van der Waals surface area (Å²) in [6.45, 7) is 29.9. The molecule has 2 fully saturated rings. The van der Waals surface area contributed by atoms with Crippen LogP contribution >= 0.6 is 19.4 Å². The molecule has 10 radical (unpaired) electrons. The molecule has 0 atom stereocenters. The Bertz CT molecular complexity index is 561. The molecule has 2 saturated carbocycles. The second-order valence-electron chi connectivity index (χ2n) is 9.25. The molecule has 2 aliphatic rings. The number of rotatable bonds is 0. The third-order valence-corrected chi connectivity index (χ3v) is 6.48. The van der Waals surface area contributed by atoms with E-state index in [2.05, 4.69) is 114 Å². The summed E-state index contributed by atoms with van der Waals surface area (Å²) in [5.74, 6) is 14.7. The van der Waals surface area contributed by atoms with E-state index >= 15 is 0 Å². The van der Waals surface area contributed by atoms with Crippen LogP contribution in [0.2, 0.25) is 0 Å². The van der Waals surface area contributed by atoms with E-state index in [1.807, 2.05) is 62.3 Å². The van der Waals surface area contributed by atoms with Crippen LogP contribution in [0.4, 0.5) is 13.2 Å². The molecule has 2 rings (SSSR count). The third-order valence-electron chi connectivity index (χ3n) is 5.91. The van der Waals surface area contributed by atoms with Gasteiger partial charge in [-0.15, -0.1) is 0 Å². The van der Waals surface area contributed by atoms with Crippen molar-refractivity contribution in [2.75, 3.05) is 0 Å². The predicted octanol–water partition coefficient (Wildman–Crippen LogP) is 9.25. The predicted molar refractivity (Wildman–Crippen MR) is 162 cm³/mol. The van der Waals surface area contributed by atoms with Gasteiger partial charge in [0.2, 0.25) is 0 Å². The van der Waals surface area contributed by atoms with Gasteiger partial charge in [-0.25, -0.2) is 8.42 Å². The van der Waals surface area contributed by atoms with Crippen molar-refractivity contribution in [3.63, 3.8) is 0 Å². The Morgan fingerprint density at radius 3 is 0.675 bits per heavy atom. The molecule has 237 valence electrons. The van der Waals surface area contributed by atoms with Gasteiger partial charge in [-0.05, 0) is 59.2 Å². The normalized spacial score (nSPS) is 19.1. The van der Waals surface area contributed by atoms with Crippen molar-refractivity contribution in [2.45, 2.75) is 113 Å². The Labute approximate surface area is 285 Å². The van der Waals surface area contributed by atoms with Crippen LogP contribution in [-0.2, 0) is 70.0 Å². The molecule has 40 heavy (non-hydrogen) atoms. The molecular weight excluding hydrogens is 799 g/mol. The van der Waals surface area contributed by atoms with Crippen molar-refractivity contribution in [1.29, 1.82) is 0 Å². The molecule has 0 aliphatic heterocycles. The summed E-state index contributed by atoms with van der Waals surface area (Å²) in [4.78, 5) is 0. The first-order valence-corrected chi connectivity index (χ1v) is 18.6. The molecule has 0 saturated heterocycles. The first-order valence-electron chi connectivity index (χ1n) is 11.8. The standard InChI is InChI=1S/2C10H15.2C3H8S.CHF3O3S.2ClH.2Ru/c2*1-6-7(2)9(4)10(5)8(6)3;2*1-3(2)4;2-1(3,4)8(5,6)7;;;;/h2*1-5H3;2*3-4H,1-2H3;(H,5,6,7);2*1H;;/q;;;;;;;+3;+4/p-5. The Balaban J connectivity index is -0.000000129. The fourth-order valence-corrected chi connectivity index (χ4v) is 2.81. The van der Waals surface area contributed by atoms with E-state index < -0.39 is 15.6 Å². The zero-order chi connectivity index (χ0) is 33.9. The van der Waals surface area contributed by atoms with Crippen LogP contribution in [0.15, 0.2) is 0 Å². The molecule has 0 spiro atoms. The van der Waals surface area contributed by atoms with Crippen molar-refractivity contribution >= 4 is 54.8 Å². The fourth-order valence-electron chi connectivity index (χ4n) is 2.81. The van der Waals surface area contributed by atoms with E-state index in [0.29, 0.717) is 10.5 Å². The molecule has 0 bridgehead atoms. The average molecular weight is 843 g/mol. The van der Waals surface area contributed by atoms with Gasteiger partial charge in [0.1, 0.15) is 0 Å². The van der Waals surface area contributed by atoms with Gasteiger partial charge in [-0.2, -0.15) is 23.7 Å². The molecule has 0 amide bonds. The van der Waals surface area contributed by atoms with Crippen molar-refractivity contribution in [3.8, 4) is 0 Å². The van der Waals surface area contributed by atoms with E-state index in [-0.39, 0.29) is 0 Å². The summed E-state index contributed by atoms with van der Waals surface area (Å²) in [6, 6.07) is 0. The second kappa shape index (κ2) is 26.4. The number of halogens is 5. The van der Waals surface area contributed by atoms with Gasteiger partial charge in [0, 0.05) is 0 Å². The summed E-state index contributed by atoms with van der Waals surface area (Å²) in [5, 5.41) is 0.833. The minimum absolute atomic E-state index is 0.417. The maximum atomic E-state index is 10.7. The number of alkyl halides is 3. The summed E-state index contributed by atoms with van der Waals surface area (Å²) in [6.07, 6.45) is 0. The Hall–Kier alpha value is 2.23. The Morgan fingerprint density at radius 2 is 0.650 bits per heavy atom. The zero-order valence-corrected chi connectivity index (χ0v) is 33.1. The van der Waals surface area contributed by atoms with Crippen LogP contribution < -0.4 is 0 Å². The zero-order valence-electron chi connectivity index (χ0n) is 25.7. The average Bonchev–Trinajstić information content (AvgIpc) is 3.10. The quantitative estimate of drug-likeness (QED) is 0.105. The number of hydrogen-bond acceptors (Lipinski definition) is 5. The van der Waals surface area contributed by atoms with Crippen LogP contribution in [-0.4, -0.2) is 29.0 Å². The van der Waals surface area contributed by atoms with E-state index in [0.717, 1.165) is 0 Å². The molecular formula is C27H44Cl2F3O3Ru2S3+2. The summed E-state index contributed by atoms with van der Waals surface area (Å²) in [7, 11) is 3.05. The molecule has 0 N–H and O–H groups in total. The first kappa shape index (κ1) is 51.8. The minimum atomic E-state index is -6.09. The summed E-state index contributed by atoms with van der Waals surface area (Å²) >= 11 is 12.9. The molecule has 3 nitrogen and oxygen atoms in total. The third kappa shape index (κ3) is 23.6. The maximum absolute atomic E-state index is 10.7. The van der Waals surface area contributed by atoms with Crippen molar-refractivity contribution < 1.29 is 60.8 Å².